The van der Waals surface area contributed by atoms with Gasteiger partial charge in [-0.3, -0.25) is 4.79 Å². The monoisotopic (exact) mass is 375 g/mol. The highest BCUT2D eigenvalue weighted by Gasteiger charge is 2.11. The normalized spacial score (nSPS) is 10.8. The van der Waals surface area contributed by atoms with Gasteiger partial charge in [0.25, 0.3) is 5.91 Å². The van der Waals surface area contributed by atoms with Gasteiger partial charge in [0.1, 0.15) is 17.4 Å². The first-order chi connectivity index (χ1) is 11.9. The molecule has 2 aromatic rings. The van der Waals surface area contributed by atoms with Crippen LogP contribution in [0.15, 0.2) is 48.2 Å². The molecule has 5 nitrogen and oxygen atoms in total. The van der Waals surface area contributed by atoms with Gasteiger partial charge in [-0.25, -0.2) is 0 Å². The Labute approximate surface area is 155 Å². The van der Waals surface area contributed by atoms with E-state index >= 15 is 0 Å². The summed E-state index contributed by atoms with van der Waals surface area (Å²) in [4.78, 5) is 12.2. The van der Waals surface area contributed by atoms with Gasteiger partial charge >= 0.3 is 0 Å². The van der Waals surface area contributed by atoms with Crippen LogP contribution in [0.2, 0.25) is 10.0 Å². The van der Waals surface area contributed by atoms with Crippen molar-refractivity contribution >= 4 is 40.5 Å². The van der Waals surface area contributed by atoms with Gasteiger partial charge in [-0.2, -0.15) is 5.26 Å². The van der Waals surface area contributed by atoms with Crippen LogP contribution < -0.4 is 15.4 Å². The van der Waals surface area contributed by atoms with Crippen molar-refractivity contribution in [2.24, 2.45) is 0 Å². The summed E-state index contributed by atoms with van der Waals surface area (Å²) in [5, 5.41) is 15.6. The number of nitrogens with one attached hydrogen (secondary N) is 2. The van der Waals surface area contributed by atoms with Crippen LogP contribution in [-0.2, 0) is 4.79 Å². The second kappa shape index (κ2) is 8.43. The molecule has 0 aromatic heterocycles. The van der Waals surface area contributed by atoms with Crippen LogP contribution in [0.3, 0.4) is 0 Å². The molecular formula is C18H15Cl2N3O2. The zero-order valence-electron chi connectivity index (χ0n) is 13.6. The minimum absolute atomic E-state index is 0.0939. The maximum Gasteiger partial charge on any atom is 0.267 e. The average Bonchev–Trinajstić information content (AvgIpc) is 2.58. The first-order valence-electron chi connectivity index (χ1n) is 7.22. The van der Waals surface area contributed by atoms with Crippen molar-refractivity contribution in [2.75, 3.05) is 17.7 Å². The van der Waals surface area contributed by atoms with Crippen LogP contribution in [0.25, 0.3) is 0 Å². The molecule has 0 radical (unpaired) electrons. The van der Waals surface area contributed by atoms with Gasteiger partial charge in [0.05, 0.1) is 12.1 Å². The average molecular weight is 376 g/mol. The van der Waals surface area contributed by atoms with Gasteiger partial charge in [-0.15, -0.1) is 0 Å². The van der Waals surface area contributed by atoms with Crippen LogP contribution in [0.4, 0.5) is 11.4 Å². The maximum atomic E-state index is 12.2. The Bertz CT molecular complexity index is 873. The number of hydrogen-bond donors (Lipinski definition) is 2. The second-order valence-corrected chi connectivity index (χ2v) is 5.90. The molecule has 128 valence electrons. The van der Waals surface area contributed by atoms with E-state index in [1.165, 1.54) is 13.3 Å². The molecule has 0 aliphatic rings. The fourth-order valence-electron chi connectivity index (χ4n) is 1.93. The number of carbonyl (C=O) groups is 1. The zero-order valence-corrected chi connectivity index (χ0v) is 15.1. The molecule has 0 saturated heterocycles. The van der Waals surface area contributed by atoms with Crippen LogP contribution in [0.5, 0.6) is 5.75 Å². The number of aryl methyl sites for hydroxylation is 1. The fraction of sp³-hybridized carbons (Fsp3) is 0.111. The molecule has 7 heteroatoms. The number of anilines is 2. The number of benzene rings is 2. The minimum atomic E-state index is -0.561. The lowest BCUT2D eigenvalue weighted by Crippen LogP contribution is -2.14. The molecule has 0 heterocycles. The standard InChI is InChI=1S/C18H15Cl2N3O2/c1-11-3-4-13(7-15(11)19)22-10-12(9-21)18(24)23-14-5-6-17(25-2)16(20)8-14/h3-8,10,22H,1-2H3,(H,23,24)/b12-10-. The molecule has 0 bridgehead atoms. The number of ether oxygens (including phenoxy) is 1. The van der Waals surface area contributed by atoms with Crippen LogP contribution >= 0.6 is 23.2 Å². The summed E-state index contributed by atoms with van der Waals surface area (Å²) in [6, 6.07) is 12.0. The first-order valence-corrected chi connectivity index (χ1v) is 7.98. The Morgan fingerprint density at radius 3 is 2.44 bits per heavy atom. The number of methoxy groups -OCH3 is 1. The van der Waals surface area contributed by atoms with Gasteiger partial charge in [0.2, 0.25) is 0 Å². The predicted octanol–water partition coefficient (Wildman–Crippen LogP) is 4.77. The van der Waals surface area contributed by atoms with Gasteiger partial charge in [0.15, 0.2) is 0 Å². The first kappa shape index (κ1) is 18.7. The van der Waals surface area contributed by atoms with E-state index in [1.54, 1.807) is 30.3 Å². The van der Waals surface area contributed by atoms with Gasteiger partial charge in [0, 0.05) is 22.6 Å². The highest BCUT2D eigenvalue weighted by molar-refractivity contribution is 6.32. The Morgan fingerprint density at radius 1 is 1.16 bits per heavy atom. The lowest BCUT2D eigenvalue weighted by atomic mass is 10.2. The molecular weight excluding hydrogens is 361 g/mol. The van der Waals surface area contributed by atoms with Crippen molar-refractivity contribution in [1.82, 2.24) is 0 Å². The molecule has 0 aliphatic carbocycles. The third-order valence-electron chi connectivity index (χ3n) is 3.33. The largest absolute Gasteiger partial charge is 0.495 e. The van der Waals surface area contributed by atoms with Crippen molar-refractivity contribution in [1.29, 1.82) is 5.26 Å². The van der Waals surface area contributed by atoms with Crippen LogP contribution in [0, 0.1) is 18.3 Å². The van der Waals surface area contributed by atoms with Crippen molar-refractivity contribution in [3.8, 4) is 11.8 Å². The Hall–Kier alpha value is -2.68. The smallest absolute Gasteiger partial charge is 0.267 e. The highest BCUT2D eigenvalue weighted by Crippen LogP contribution is 2.27. The van der Waals surface area contributed by atoms with Crippen molar-refractivity contribution in [3.05, 3.63) is 63.8 Å². The molecule has 2 rings (SSSR count). The van der Waals surface area contributed by atoms with Crippen LogP contribution in [-0.4, -0.2) is 13.0 Å². The van der Waals surface area contributed by atoms with Crippen molar-refractivity contribution in [2.45, 2.75) is 6.92 Å². The van der Waals surface area contributed by atoms with E-state index < -0.39 is 5.91 Å². The predicted molar refractivity (Wildman–Crippen MR) is 100 cm³/mol. The highest BCUT2D eigenvalue weighted by atomic mass is 35.5. The Balaban J connectivity index is 2.11. The second-order valence-electron chi connectivity index (χ2n) is 5.08. The Morgan fingerprint density at radius 2 is 1.84 bits per heavy atom. The van der Waals surface area contributed by atoms with E-state index in [-0.39, 0.29) is 5.57 Å². The lowest BCUT2D eigenvalue weighted by molar-refractivity contribution is -0.112. The quantitative estimate of drug-likeness (QED) is 0.582. The van der Waals surface area contributed by atoms with Gasteiger partial charge in [-0.1, -0.05) is 29.3 Å². The zero-order chi connectivity index (χ0) is 18.4. The van der Waals surface area contributed by atoms with E-state index in [1.807, 2.05) is 19.1 Å². The van der Waals surface area contributed by atoms with E-state index in [0.29, 0.717) is 27.2 Å². The maximum absolute atomic E-state index is 12.2. The van der Waals surface area contributed by atoms with Crippen molar-refractivity contribution < 1.29 is 9.53 Å². The molecule has 0 unspecified atom stereocenters. The SMILES string of the molecule is COc1ccc(NC(=O)/C(C#N)=C\Nc2ccc(C)c(Cl)c2)cc1Cl. The molecule has 25 heavy (non-hydrogen) atoms. The molecule has 2 aromatic carbocycles. The minimum Gasteiger partial charge on any atom is -0.495 e. The number of nitrogens with zero attached hydrogens (tertiary/aromatic N) is 1. The summed E-state index contributed by atoms with van der Waals surface area (Å²) in [5.41, 5.74) is 1.97. The van der Waals surface area contributed by atoms with Gasteiger partial charge in [-0.05, 0) is 42.8 Å². The third-order valence-corrected chi connectivity index (χ3v) is 4.03. The van der Waals surface area contributed by atoms with Crippen LogP contribution in [0.1, 0.15) is 5.56 Å². The lowest BCUT2D eigenvalue weighted by Gasteiger charge is -2.08. The topological polar surface area (TPSA) is 74.1 Å². The summed E-state index contributed by atoms with van der Waals surface area (Å²) < 4.78 is 5.05. The van der Waals surface area contributed by atoms with E-state index in [2.05, 4.69) is 10.6 Å². The summed E-state index contributed by atoms with van der Waals surface area (Å²) in [5.74, 6) is -0.0666. The summed E-state index contributed by atoms with van der Waals surface area (Å²) in [7, 11) is 1.50. The van der Waals surface area contributed by atoms with Crippen molar-refractivity contribution in [3.63, 3.8) is 0 Å². The summed E-state index contributed by atoms with van der Waals surface area (Å²) >= 11 is 12.1. The number of nitriles is 1. The Kier molecular flexibility index (Phi) is 6.29. The number of carbonyl (C=O) groups excluding carboxylic acids is 1. The molecule has 0 aliphatic heterocycles. The third kappa shape index (κ3) is 4.90. The fourth-order valence-corrected chi connectivity index (χ4v) is 2.37. The number of rotatable bonds is 5. The van der Waals surface area contributed by atoms with E-state index in [4.69, 9.17) is 27.9 Å². The molecule has 2 N–H and O–H groups in total. The van der Waals surface area contributed by atoms with E-state index in [9.17, 15) is 10.1 Å². The molecule has 0 saturated carbocycles. The molecule has 0 fully saturated rings. The molecule has 0 atom stereocenters. The summed E-state index contributed by atoms with van der Waals surface area (Å²) in [6.45, 7) is 1.89. The summed E-state index contributed by atoms with van der Waals surface area (Å²) in [6.07, 6.45) is 1.32. The molecule has 1 amide bonds. The number of hydrogen-bond acceptors (Lipinski definition) is 4. The number of amides is 1. The van der Waals surface area contributed by atoms with E-state index in [0.717, 1.165) is 5.56 Å². The molecule has 0 spiro atoms. The van der Waals surface area contributed by atoms with Gasteiger partial charge < -0.3 is 15.4 Å². The number of halogens is 2.